The normalized spacial score (nSPS) is 24.3. The second-order valence-corrected chi connectivity index (χ2v) is 5.78. The molecule has 0 radical (unpaired) electrons. The van der Waals surface area contributed by atoms with Crippen LogP contribution in [-0.2, 0) is 6.54 Å². The van der Waals surface area contributed by atoms with Crippen molar-refractivity contribution in [3.05, 3.63) is 29.8 Å². The van der Waals surface area contributed by atoms with Crippen LogP contribution >= 0.6 is 0 Å². The highest BCUT2D eigenvalue weighted by Gasteiger charge is 2.24. The molecule has 1 fully saturated rings. The summed E-state index contributed by atoms with van der Waals surface area (Å²) in [5, 5.41) is 13.5. The van der Waals surface area contributed by atoms with Crippen molar-refractivity contribution in [1.29, 1.82) is 0 Å². The van der Waals surface area contributed by atoms with Crippen LogP contribution in [0, 0.1) is 0 Å². The van der Waals surface area contributed by atoms with Gasteiger partial charge in [0.25, 0.3) is 0 Å². The summed E-state index contributed by atoms with van der Waals surface area (Å²) in [4.78, 5) is 2.39. The molecular weight excluding hydrogens is 236 g/mol. The van der Waals surface area contributed by atoms with Gasteiger partial charge in [0.15, 0.2) is 0 Å². The van der Waals surface area contributed by atoms with E-state index in [0.717, 1.165) is 45.4 Å². The van der Waals surface area contributed by atoms with Gasteiger partial charge in [-0.05, 0) is 50.4 Å². The first-order valence-electron chi connectivity index (χ1n) is 7.38. The van der Waals surface area contributed by atoms with E-state index < -0.39 is 5.60 Å². The summed E-state index contributed by atoms with van der Waals surface area (Å²) in [5.41, 5.74) is 2.12. The number of aliphatic hydroxyl groups is 1. The number of nitrogens with zero attached hydrogens (tertiary/aromatic N) is 1. The Hall–Kier alpha value is -1.06. The van der Waals surface area contributed by atoms with Gasteiger partial charge in [0, 0.05) is 25.3 Å². The molecule has 1 aliphatic heterocycles. The molecule has 0 spiro atoms. The van der Waals surface area contributed by atoms with Gasteiger partial charge in [-0.2, -0.15) is 0 Å². The van der Waals surface area contributed by atoms with Crippen molar-refractivity contribution in [2.75, 3.05) is 24.5 Å². The standard InChI is InChI=1S/C16H26N2O/c1-3-17-13-14-5-7-15(8-6-14)18-11-4-9-16(2,19)10-12-18/h5-8,17,19H,3-4,9-13H2,1-2H3. The maximum atomic E-state index is 10.1. The molecule has 0 amide bonds. The van der Waals surface area contributed by atoms with Crippen molar-refractivity contribution in [2.24, 2.45) is 0 Å². The van der Waals surface area contributed by atoms with Crippen LogP contribution in [0.1, 0.15) is 38.7 Å². The second kappa shape index (κ2) is 6.40. The Bertz CT molecular complexity index is 386. The minimum atomic E-state index is -0.486. The molecule has 0 bridgehead atoms. The lowest BCUT2D eigenvalue weighted by molar-refractivity contribution is 0.0481. The lowest BCUT2D eigenvalue weighted by atomic mass is 9.98. The average Bonchev–Trinajstić information content (AvgIpc) is 2.58. The smallest absolute Gasteiger partial charge is 0.0637 e. The predicted octanol–water partition coefficient (Wildman–Crippen LogP) is 2.54. The van der Waals surface area contributed by atoms with Gasteiger partial charge >= 0.3 is 0 Å². The van der Waals surface area contributed by atoms with E-state index in [2.05, 4.69) is 41.4 Å². The number of anilines is 1. The molecule has 106 valence electrons. The van der Waals surface area contributed by atoms with Crippen molar-refractivity contribution < 1.29 is 5.11 Å². The first kappa shape index (κ1) is 14.4. The van der Waals surface area contributed by atoms with Gasteiger partial charge < -0.3 is 15.3 Å². The summed E-state index contributed by atoms with van der Waals surface area (Å²) in [5.74, 6) is 0. The molecule has 1 aliphatic rings. The van der Waals surface area contributed by atoms with Crippen LogP contribution in [0.25, 0.3) is 0 Å². The molecular formula is C16H26N2O. The second-order valence-electron chi connectivity index (χ2n) is 5.78. The van der Waals surface area contributed by atoms with Gasteiger partial charge in [0.1, 0.15) is 0 Å². The number of hydrogen-bond acceptors (Lipinski definition) is 3. The third-order valence-electron chi connectivity index (χ3n) is 3.94. The largest absolute Gasteiger partial charge is 0.390 e. The quantitative estimate of drug-likeness (QED) is 0.875. The fraction of sp³-hybridized carbons (Fsp3) is 0.625. The lowest BCUT2D eigenvalue weighted by Crippen LogP contribution is -2.28. The summed E-state index contributed by atoms with van der Waals surface area (Å²) >= 11 is 0. The number of hydrogen-bond donors (Lipinski definition) is 2. The van der Waals surface area contributed by atoms with Crippen molar-refractivity contribution >= 4 is 5.69 Å². The van der Waals surface area contributed by atoms with Gasteiger partial charge in [-0.3, -0.25) is 0 Å². The molecule has 2 N–H and O–H groups in total. The molecule has 2 rings (SSSR count). The fourth-order valence-electron chi connectivity index (χ4n) is 2.62. The molecule has 0 aliphatic carbocycles. The van der Waals surface area contributed by atoms with E-state index in [0.29, 0.717) is 0 Å². The van der Waals surface area contributed by atoms with Gasteiger partial charge in [0.05, 0.1) is 5.60 Å². The third kappa shape index (κ3) is 4.22. The molecule has 3 nitrogen and oxygen atoms in total. The fourth-order valence-corrected chi connectivity index (χ4v) is 2.62. The molecule has 1 aromatic carbocycles. The Morgan fingerprint density at radius 3 is 2.63 bits per heavy atom. The lowest BCUT2D eigenvalue weighted by Gasteiger charge is -2.24. The summed E-state index contributed by atoms with van der Waals surface area (Å²) in [7, 11) is 0. The zero-order valence-corrected chi connectivity index (χ0v) is 12.2. The van der Waals surface area contributed by atoms with E-state index in [-0.39, 0.29) is 0 Å². The number of rotatable bonds is 4. The summed E-state index contributed by atoms with van der Waals surface area (Å²) in [6, 6.07) is 8.79. The number of benzene rings is 1. The van der Waals surface area contributed by atoms with Gasteiger partial charge in [-0.15, -0.1) is 0 Å². The Kier molecular flexibility index (Phi) is 4.83. The van der Waals surface area contributed by atoms with Gasteiger partial charge in [-0.1, -0.05) is 19.1 Å². The molecule has 19 heavy (non-hydrogen) atoms. The van der Waals surface area contributed by atoms with Crippen LogP contribution in [0.4, 0.5) is 5.69 Å². The van der Waals surface area contributed by atoms with Crippen LogP contribution in [-0.4, -0.2) is 30.3 Å². The Balaban J connectivity index is 1.97. The van der Waals surface area contributed by atoms with Crippen LogP contribution < -0.4 is 10.2 Å². The highest BCUT2D eigenvalue weighted by Crippen LogP contribution is 2.25. The van der Waals surface area contributed by atoms with Gasteiger partial charge in [-0.25, -0.2) is 0 Å². The molecule has 0 aromatic heterocycles. The zero-order chi connectivity index (χ0) is 13.7. The Labute approximate surface area is 116 Å². The maximum Gasteiger partial charge on any atom is 0.0637 e. The summed E-state index contributed by atoms with van der Waals surface area (Å²) in [6.07, 6.45) is 2.82. The maximum absolute atomic E-state index is 10.1. The summed E-state index contributed by atoms with van der Waals surface area (Å²) in [6.45, 7) is 8.00. The molecule has 3 heteroatoms. The predicted molar refractivity (Wildman–Crippen MR) is 80.5 cm³/mol. The molecule has 1 atom stereocenters. The summed E-state index contributed by atoms with van der Waals surface area (Å²) < 4.78 is 0. The molecule has 0 saturated carbocycles. The highest BCUT2D eigenvalue weighted by molar-refractivity contribution is 5.47. The van der Waals surface area contributed by atoms with Crippen LogP contribution in [0.3, 0.4) is 0 Å². The minimum Gasteiger partial charge on any atom is -0.390 e. The monoisotopic (exact) mass is 262 g/mol. The van der Waals surface area contributed by atoms with E-state index in [1.807, 2.05) is 6.92 Å². The van der Waals surface area contributed by atoms with Crippen LogP contribution in [0.15, 0.2) is 24.3 Å². The van der Waals surface area contributed by atoms with E-state index in [4.69, 9.17) is 0 Å². The van der Waals surface area contributed by atoms with E-state index in [1.165, 1.54) is 11.3 Å². The Morgan fingerprint density at radius 1 is 1.21 bits per heavy atom. The first-order chi connectivity index (χ1) is 9.11. The molecule has 1 unspecified atom stereocenters. The molecule has 1 heterocycles. The minimum absolute atomic E-state index is 0.486. The SMILES string of the molecule is CCNCc1ccc(N2CCCC(C)(O)CC2)cc1. The zero-order valence-electron chi connectivity index (χ0n) is 12.2. The van der Waals surface area contributed by atoms with E-state index in [9.17, 15) is 5.11 Å². The topological polar surface area (TPSA) is 35.5 Å². The highest BCUT2D eigenvalue weighted by atomic mass is 16.3. The number of nitrogens with one attached hydrogen (secondary N) is 1. The van der Waals surface area contributed by atoms with Crippen LogP contribution in [0.2, 0.25) is 0 Å². The molecule has 1 saturated heterocycles. The van der Waals surface area contributed by atoms with Crippen molar-refractivity contribution in [3.8, 4) is 0 Å². The van der Waals surface area contributed by atoms with Crippen molar-refractivity contribution in [1.82, 2.24) is 5.32 Å². The Morgan fingerprint density at radius 2 is 1.95 bits per heavy atom. The van der Waals surface area contributed by atoms with Crippen LogP contribution in [0.5, 0.6) is 0 Å². The molecule has 1 aromatic rings. The van der Waals surface area contributed by atoms with E-state index in [1.54, 1.807) is 0 Å². The van der Waals surface area contributed by atoms with Crippen molar-refractivity contribution in [3.63, 3.8) is 0 Å². The average molecular weight is 262 g/mol. The van der Waals surface area contributed by atoms with Crippen molar-refractivity contribution in [2.45, 2.75) is 45.3 Å². The van der Waals surface area contributed by atoms with Gasteiger partial charge in [0.2, 0.25) is 0 Å². The van der Waals surface area contributed by atoms with E-state index >= 15 is 0 Å². The first-order valence-corrected chi connectivity index (χ1v) is 7.38. The third-order valence-corrected chi connectivity index (χ3v) is 3.94.